The van der Waals surface area contributed by atoms with Gasteiger partial charge in [0.2, 0.25) is 11.7 Å². The number of rotatable bonds is 5. The molecule has 3 rings (SSSR count). The summed E-state index contributed by atoms with van der Waals surface area (Å²) in [6.07, 6.45) is 0. The van der Waals surface area contributed by atoms with Gasteiger partial charge in [0.1, 0.15) is 0 Å². The minimum absolute atomic E-state index is 0.0220. The summed E-state index contributed by atoms with van der Waals surface area (Å²) in [5.41, 5.74) is 1.72. The molecule has 0 saturated carbocycles. The molecule has 132 valence electrons. The smallest absolute Gasteiger partial charge is 0.309 e. The average Bonchev–Trinajstić information content (AvgIpc) is 3.16. The fourth-order valence-corrected chi connectivity index (χ4v) is 2.35. The molecule has 0 aliphatic heterocycles. The van der Waals surface area contributed by atoms with Crippen LogP contribution in [0.3, 0.4) is 0 Å². The molecular weight excluding hydrogens is 332 g/mol. The lowest BCUT2D eigenvalue weighted by Gasteiger charge is -2.13. The van der Waals surface area contributed by atoms with Gasteiger partial charge in [0.25, 0.3) is 0 Å². The van der Waals surface area contributed by atoms with E-state index in [1.807, 2.05) is 67.6 Å². The maximum Gasteiger partial charge on any atom is 0.309 e. The molecule has 1 heterocycles. The van der Waals surface area contributed by atoms with Crippen molar-refractivity contribution in [3.8, 4) is 11.4 Å². The molecule has 1 atom stereocenters. The molecule has 2 amide bonds. The van der Waals surface area contributed by atoms with Crippen LogP contribution in [0.5, 0.6) is 0 Å². The second-order valence-corrected chi connectivity index (χ2v) is 5.67. The Hall–Kier alpha value is -3.48. The number of hydrogen-bond donors (Lipinski definition) is 2. The Kier molecular flexibility index (Phi) is 5.38. The van der Waals surface area contributed by atoms with E-state index in [9.17, 15) is 9.59 Å². The van der Waals surface area contributed by atoms with Crippen molar-refractivity contribution < 1.29 is 14.1 Å². The van der Waals surface area contributed by atoms with E-state index in [1.165, 1.54) is 0 Å². The molecular formula is C19H18N4O3. The van der Waals surface area contributed by atoms with Gasteiger partial charge >= 0.3 is 11.8 Å². The first-order valence-electron chi connectivity index (χ1n) is 8.15. The Bertz CT molecular complexity index is 878. The van der Waals surface area contributed by atoms with Crippen molar-refractivity contribution >= 4 is 11.8 Å². The average molecular weight is 350 g/mol. The predicted molar refractivity (Wildman–Crippen MR) is 94.6 cm³/mol. The van der Waals surface area contributed by atoms with E-state index in [0.29, 0.717) is 5.82 Å². The lowest BCUT2D eigenvalue weighted by molar-refractivity contribution is -0.139. The zero-order valence-corrected chi connectivity index (χ0v) is 14.2. The van der Waals surface area contributed by atoms with Crippen molar-refractivity contribution in [2.45, 2.75) is 19.5 Å². The lowest BCUT2D eigenvalue weighted by atomic mass is 10.1. The van der Waals surface area contributed by atoms with Crippen LogP contribution in [-0.4, -0.2) is 22.0 Å². The highest BCUT2D eigenvalue weighted by molar-refractivity contribution is 6.35. The second kappa shape index (κ2) is 8.06. The zero-order chi connectivity index (χ0) is 18.4. The van der Waals surface area contributed by atoms with Gasteiger partial charge in [-0.2, -0.15) is 4.98 Å². The molecule has 0 unspecified atom stereocenters. The van der Waals surface area contributed by atoms with E-state index in [-0.39, 0.29) is 18.5 Å². The third kappa shape index (κ3) is 4.32. The van der Waals surface area contributed by atoms with Gasteiger partial charge in [-0.15, -0.1) is 0 Å². The Morgan fingerprint density at radius 3 is 2.35 bits per heavy atom. The van der Waals surface area contributed by atoms with Crippen LogP contribution in [0.1, 0.15) is 24.4 Å². The van der Waals surface area contributed by atoms with Gasteiger partial charge in [-0.3, -0.25) is 9.59 Å². The van der Waals surface area contributed by atoms with Crippen molar-refractivity contribution in [3.05, 3.63) is 72.1 Å². The van der Waals surface area contributed by atoms with Crippen molar-refractivity contribution in [2.75, 3.05) is 0 Å². The molecule has 0 radical (unpaired) electrons. The SMILES string of the molecule is C[C@@H](NC(=O)C(=O)NCc1nc(-c2ccccc2)no1)c1ccccc1. The van der Waals surface area contributed by atoms with Crippen LogP contribution >= 0.6 is 0 Å². The van der Waals surface area contributed by atoms with E-state index >= 15 is 0 Å². The van der Waals surface area contributed by atoms with Gasteiger partial charge < -0.3 is 15.2 Å². The van der Waals surface area contributed by atoms with E-state index in [2.05, 4.69) is 20.8 Å². The first kappa shape index (κ1) is 17.3. The lowest BCUT2D eigenvalue weighted by Crippen LogP contribution is -2.40. The molecule has 26 heavy (non-hydrogen) atoms. The Balaban J connectivity index is 1.52. The van der Waals surface area contributed by atoms with Crippen molar-refractivity contribution in [1.82, 2.24) is 20.8 Å². The molecule has 0 bridgehead atoms. The second-order valence-electron chi connectivity index (χ2n) is 5.67. The molecule has 2 N–H and O–H groups in total. The number of hydrogen-bond acceptors (Lipinski definition) is 5. The summed E-state index contributed by atoms with van der Waals surface area (Å²) < 4.78 is 5.09. The van der Waals surface area contributed by atoms with E-state index < -0.39 is 11.8 Å². The number of carbonyl (C=O) groups excluding carboxylic acids is 2. The van der Waals surface area contributed by atoms with Crippen LogP contribution in [0.15, 0.2) is 65.2 Å². The molecule has 0 fully saturated rings. The number of nitrogens with one attached hydrogen (secondary N) is 2. The van der Waals surface area contributed by atoms with E-state index in [0.717, 1.165) is 11.1 Å². The number of carbonyl (C=O) groups is 2. The fraction of sp³-hybridized carbons (Fsp3) is 0.158. The van der Waals surface area contributed by atoms with Crippen LogP contribution in [-0.2, 0) is 16.1 Å². The van der Waals surface area contributed by atoms with E-state index in [1.54, 1.807) is 0 Å². The fourth-order valence-electron chi connectivity index (χ4n) is 2.35. The first-order chi connectivity index (χ1) is 12.6. The minimum atomic E-state index is -0.757. The maximum absolute atomic E-state index is 12.0. The third-order valence-corrected chi connectivity index (χ3v) is 3.75. The van der Waals surface area contributed by atoms with Crippen molar-refractivity contribution in [3.63, 3.8) is 0 Å². The largest absolute Gasteiger partial charge is 0.341 e. The number of nitrogens with zero attached hydrogens (tertiary/aromatic N) is 2. The monoisotopic (exact) mass is 350 g/mol. The standard InChI is InChI=1S/C19H18N4O3/c1-13(14-8-4-2-5-9-14)21-19(25)18(24)20-12-16-22-17(23-26-16)15-10-6-3-7-11-15/h2-11,13H,12H2,1H3,(H,20,24)(H,21,25)/t13-/m1/s1. The van der Waals surface area contributed by atoms with Gasteiger partial charge in [-0.25, -0.2) is 0 Å². The maximum atomic E-state index is 12.0. The molecule has 0 aliphatic rings. The summed E-state index contributed by atoms with van der Waals surface area (Å²) in [5.74, 6) is -0.825. The molecule has 2 aromatic carbocycles. The van der Waals surface area contributed by atoms with Gasteiger partial charge in [0.15, 0.2) is 0 Å². The quantitative estimate of drug-likeness (QED) is 0.688. The summed E-state index contributed by atoms with van der Waals surface area (Å²) >= 11 is 0. The van der Waals surface area contributed by atoms with Gasteiger partial charge in [-0.1, -0.05) is 65.8 Å². The summed E-state index contributed by atoms with van der Waals surface area (Å²) in [5, 5.41) is 8.98. The molecule has 0 aliphatic carbocycles. The van der Waals surface area contributed by atoms with Crippen LogP contribution < -0.4 is 10.6 Å². The Morgan fingerprint density at radius 2 is 1.65 bits per heavy atom. The molecule has 0 saturated heterocycles. The van der Waals surface area contributed by atoms with Crippen molar-refractivity contribution in [2.24, 2.45) is 0 Å². The Labute approximate surface area is 150 Å². The highest BCUT2D eigenvalue weighted by Crippen LogP contribution is 2.14. The molecule has 7 heteroatoms. The minimum Gasteiger partial charge on any atom is -0.341 e. The van der Waals surface area contributed by atoms with Crippen molar-refractivity contribution in [1.29, 1.82) is 0 Å². The normalized spacial score (nSPS) is 11.6. The van der Waals surface area contributed by atoms with Crippen LogP contribution in [0.4, 0.5) is 0 Å². The molecule has 1 aromatic heterocycles. The Morgan fingerprint density at radius 1 is 1.00 bits per heavy atom. The molecule has 7 nitrogen and oxygen atoms in total. The van der Waals surface area contributed by atoms with Gasteiger partial charge in [0.05, 0.1) is 12.6 Å². The van der Waals surface area contributed by atoms with Gasteiger partial charge in [-0.05, 0) is 12.5 Å². The topological polar surface area (TPSA) is 97.1 Å². The number of amides is 2. The highest BCUT2D eigenvalue weighted by atomic mass is 16.5. The first-order valence-corrected chi connectivity index (χ1v) is 8.15. The third-order valence-electron chi connectivity index (χ3n) is 3.75. The summed E-state index contributed by atoms with van der Waals surface area (Å²) in [6, 6.07) is 18.4. The zero-order valence-electron chi connectivity index (χ0n) is 14.2. The van der Waals surface area contributed by atoms with Gasteiger partial charge in [0, 0.05) is 5.56 Å². The number of benzene rings is 2. The molecule has 3 aromatic rings. The number of aromatic nitrogens is 2. The summed E-state index contributed by atoms with van der Waals surface area (Å²) in [4.78, 5) is 28.1. The highest BCUT2D eigenvalue weighted by Gasteiger charge is 2.18. The summed E-state index contributed by atoms with van der Waals surface area (Å²) in [7, 11) is 0. The summed E-state index contributed by atoms with van der Waals surface area (Å²) in [6.45, 7) is 1.79. The van der Waals surface area contributed by atoms with Crippen LogP contribution in [0, 0.1) is 0 Å². The van der Waals surface area contributed by atoms with E-state index in [4.69, 9.17) is 4.52 Å². The van der Waals surface area contributed by atoms with Crippen LogP contribution in [0.2, 0.25) is 0 Å². The predicted octanol–water partition coefficient (Wildman–Crippen LogP) is 2.23. The molecule has 0 spiro atoms. The van der Waals surface area contributed by atoms with Crippen LogP contribution in [0.25, 0.3) is 11.4 Å².